The number of allylic oxidation sites excluding steroid dienone is 2. The summed E-state index contributed by atoms with van der Waals surface area (Å²) < 4.78 is 31.5. The van der Waals surface area contributed by atoms with Gasteiger partial charge in [-0.2, -0.15) is 0 Å². The van der Waals surface area contributed by atoms with Crippen LogP contribution in [0.1, 0.15) is 101 Å². The average Bonchev–Trinajstić information content (AvgIpc) is 3.35. The second-order valence-electron chi connectivity index (χ2n) is 15.7. The number of ketones is 1. The molecular formula is C40H57NO8. The van der Waals surface area contributed by atoms with Crippen molar-refractivity contribution in [2.75, 3.05) is 21.3 Å². The first-order valence-electron chi connectivity index (χ1n) is 18.3. The van der Waals surface area contributed by atoms with Gasteiger partial charge in [-0.25, -0.2) is 0 Å². The molecule has 3 heterocycles. The molecule has 2 aliphatic carbocycles. The fraction of sp³-hybridized carbons (Fsp3) is 0.675. The van der Waals surface area contributed by atoms with E-state index in [1.54, 1.807) is 28.3 Å². The van der Waals surface area contributed by atoms with Gasteiger partial charge in [0.25, 0.3) is 0 Å². The summed E-state index contributed by atoms with van der Waals surface area (Å²) in [6.07, 6.45) is 7.35. The summed E-state index contributed by atoms with van der Waals surface area (Å²) in [6.45, 7) is 12.7. The summed E-state index contributed by atoms with van der Waals surface area (Å²) in [7, 11) is 5.09. The first kappa shape index (κ1) is 35.8. The predicted molar refractivity (Wildman–Crippen MR) is 187 cm³/mol. The van der Waals surface area contributed by atoms with E-state index in [1.165, 1.54) is 5.57 Å². The lowest BCUT2D eigenvalue weighted by atomic mass is 9.56. The minimum absolute atomic E-state index is 0.0241. The summed E-state index contributed by atoms with van der Waals surface area (Å²) in [5, 5.41) is 21.4. The second-order valence-corrected chi connectivity index (χ2v) is 15.7. The van der Waals surface area contributed by atoms with Crippen LogP contribution in [0.5, 0.6) is 23.1 Å². The quantitative estimate of drug-likeness (QED) is 0.189. The molecule has 6 rings (SSSR count). The van der Waals surface area contributed by atoms with Crippen molar-refractivity contribution in [3.63, 3.8) is 0 Å². The van der Waals surface area contributed by atoms with Crippen LogP contribution in [0.25, 0.3) is 0 Å². The Labute approximate surface area is 291 Å². The highest BCUT2D eigenvalue weighted by Crippen LogP contribution is 2.55. The molecule has 10 unspecified atom stereocenters. The van der Waals surface area contributed by atoms with Crippen molar-refractivity contribution in [3.05, 3.63) is 46.7 Å². The van der Waals surface area contributed by atoms with E-state index in [1.807, 2.05) is 18.2 Å². The zero-order valence-corrected chi connectivity index (χ0v) is 30.7. The van der Waals surface area contributed by atoms with Crippen LogP contribution < -0.4 is 9.47 Å². The molecule has 49 heavy (non-hydrogen) atoms. The van der Waals surface area contributed by atoms with Crippen molar-refractivity contribution in [3.8, 4) is 23.1 Å². The van der Waals surface area contributed by atoms with Gasteiger partial charge >= 0.3 is 0 Å². The van der Waals surface area contributed by atoms with E-state index in [0.717, 1.165) is 49.2 Å². The Balaban J connectivity index is 1.34. The number of fused-ring (bicyclic) bond motifs is 1. The molecule has 1 aromatic carbocycles. The van der Waals surface area contributed by atoms with E-state index in [4.69, 9.17) is 23.7 Å². The highest BCUT2D eigenvalue weighted by atomic mass is 16.7. The Morgan fingerprint density at radius 2 is 1.65 bits per heavy atom. The molecule has 0 radical (unpaired) electrons. The molecule has 1 spiro atoms. The molecule has 270 valence electrons. The Hall–Kier alpha value is -3.01. The van der Waals surface area contributed by atoms with Gasteiger partial charge in [0.05, 0.1) is 38.1 Å². The molecule has 2 aromatic rings. The fourth-order valence-electron chi connectivity index (χ4n) is 9.91. The van der Waals surface area contributed by atoms with Crippen LogP contribution in [-0.2, 0) is 14.2 Å². The molecule has 2 saturated heterocycles. The van der Waals surface area contributed by atoms with Crippen molar-refractivity contribution >= 4 is 5.78 Å². The van der Waals surface area contributed by atoms with Gasteiger partial charge in [0.2, 0.25) is 0 Å². The van der Waals surface area contributed by atoms with Gasteiger partial charge in [0.15, 0.2) is 23.2 Å². The smallest absolute Gasteiger partial charge is 0.195 e. The van der Waals surface area contributed by atoms with E-state index in [2.05, 4.69) is 45.7 Å². The van der Waals surface area contributed by atoms with Gasteiger partial charge in [-0.05, 0) is 99.2 Å². The third-order valence-corrected chi connectivity index (χ3v) is 12.9. The normalized spacial score (nSPS) is 37.7. The van der Waals surface area contributed by atoms with Crippen LogP contribution in [0, 0.1) is 54.3 Å². The number of hydrogen-bond donors (Lipinski definition) is 3. The third kappa shape index (κ3) is 6.40. The molecule has 1 aromatic heterocycles. The van der Waals surface area contributed by atoms with Gasteiger partial charge in [-0.3, -0.25) is 4.79 Å². The summed E-state index contributed by atoms with van der Waals surface area (Å²) in [5.41, 5.74) is 2.59. The number of rotatable bonds is 8. The number of aromatic hydroxyl groups is 2. The number of aromatic amines is 1. The molecular weight excluding hydrogens is 622 g/mol. The highest BCUT2D eigenvalue weighted by molar-refractivity contribution is 6.00. The first-order chi connectivity index (χ1) is 23.3. The lowest BCUT2D eigenvalue weighted by Gasteiger charge is -2.54. The maximum Gasteiger partial charge on any atom is 0.195 e. The van der Waals surface area contributed by atoms with Crippen LogP contribution in [0.15, 0.2) is 29.8 Å². The Bertz CT molecular complexity index is 1530. The summed E-state index contributed by atoms with van der Waals surface area (Å²) >= 11 is 0. The second kappa shape index (κ2) is 14.0. The Kier molecular flexibility index (Phi) is 10.2. The van der Waals surface area contributed by atoms with Crippen molar-refractivity contribution in [1.82, 2.24) is 4.98 Å². The molecule has 9 heteroatoms. The molecule has 3 N–H and O–H groups in total. The van der Waals surface area contributed by atoms with Gasteiger partial charge in [0.1, 0.15) is 17.2 Å². The highest BCUT2D eigenvalue weighted by Gasteiger charge is 2.54. The number of methoxy groups -OCH3 is 3. The maximum absolute atomic E-state index is 14.7. The number of Topliss-reactive ketones (excluding diaryl/α,β-unsaturated/α-hetero) is 1. The van der Waals surface area contributed by atoms with E-state index in [-0.39, 0.29) is 88.4 Å². The number of ether oxygens (including phenoxy) is 5. The molecule has 1 saturated carbocycles. The lowest BCUT2D eigenvalue weighted by Crippen LogP contribution is -2.56. The first-order valence-corrected chi connectivity index (χ1v) is 18.3. The van der Waals surface area contributed by atoms with Crippen molar-refractivity contribution in [1.29, 1.82) is 0 Å². The van der Waals surface area contributed by atoms with Crippen LogP contribution in [0.3, 0.4) is 0 Å². The number of aromatic nitrogens is 1. The van der Waals surface area contributed by atoms with Gasteiger partial charge in [-0.1, -0.05) is 39.3 Å². The molecule has 2 aliphatic heterocycles. The topological polar surface area (TPSA) is 119 Å². The summed E-state index contributed by atoms with van der Waals surface area (Å²) in [4.78, 5) is 17.5. The van der Waals surface area contributed by atoms with Gasteiger partial charge in [0, 0.05) is 31.4 Å². The number of nitrogens with one attached hydrogen (secondary N) is 1. The maximum atomic E-state index is 14.7. The van der Waals surface area contributed by atoms with Crippen molar-refractivity contribution < 1.29 is 38.7 Å². The van der Waals surface area contributed by atoms with E-state index >= 15 is 0 Å². The minimum Gasteiger partial charge on any atom is -0.505 e. The molecule has 12 atom stereocenters. The zero-order valence-electron chi connectivity index (χ0n) is 30.7. The number of hydrogen-bond acceptors (Lipinski definition) is 8. The molecule has 0 bridgehead atoms. The standard InChI is InChI=1S/C40H57NO8/c1-20-12-13-40(49-38(20)27-16-28(45-7)18-29(17-27)46-8)23(4)14-22(3)32(48-40)19-30-21(2)15-26-10-11-31(47-9)24(5)33(26)34(30)37(43)35-36(42)25(6)39(44)41-35/h15-18,20,22-24,26,30-34,38,41-42,44H,10-14,19H2,1-9H3/t20?,22?,23?,24?,26?,30-,31?,32?,33?,34+,38?,40?/m1/s1. The molecule has 4 aliphatic rings. The van der Waals surface area contributed by atoms with Crippen LogP contribution in [-0.4, -0.2) is 60.3 Å². The average molecular weight is 680 g/mol. The molecule has 9 nitrogen and oxygen atoms in total. The van der Waals surface area contributed by atoms with E-state index in [0.29, 0.717) is 6.42 Å². The number of H-pyrrole nitrogens is 1. The van der Waals surface area contributed by atoms with Crippen LogP contribution in [0.2, 0.25) is 0 Å². The molecule has 3 fully saturated rings. The Morgan fingerprint density at radius 1 is 0.959 bits per heavy atom. The monoisotopic (exact) mass is 679 g/mol. The van der Waals surface area contributed by atoms with Gasteiger partial charge in [-0.15, -0.1) is 0 Å². The SMILES string of the molecule is COc1cc(OC)cc(C2OC3(CCC2C)OC(C[C@@H]2C(C)=CC4CCC(OC)C(C)C4[C@H]2C(=O)c2[nH]c(O)c(C)c2O)C(C)CC3C)c1. The zero-order chi connectivity index (χ0) is 35.4. The van der Waals surface area contributed by atoms with Crippen LogP contribution in [0.4, 0.5) is 0 Å². The number of benzene rings is 1. The third-order valence-electron chi connectivity index (χ3n) is 12.9. The summed E-state index contributed by atoms with van der Waals surface area (Å²) in [5.74, 6) is 0.758. The molecule has 0 amide bonds. The minimum atomic E-state index is -0.765. The van der Waals surface area contributed by atoms with Gasteiger partial charge < -0.3 is 38.9 Å². The Morgan fingerprint density at radius 3 is 2.27 bits per heavy atom. The van der Waals surface area contributed by atoms with Crippen LogP contribution >= 0.6 is 0 Å². The van der Waals surface area contributed by atoms with Crippen molar-refractivity contribution in [2.45, 2.75) is 104 Å². The van der Waals surface area contributed by atoms with E-state index < -0.39 is 11.7 Å². The lowest BCUT2D eigenvalue weighted by molar-refractivity contribution is -0.356. The fourth-order valence-corrected chi connectivity index (χ4v) is 9.91. The number of carbonyl (C=O) groups excluding carboxylic acids is 1. The number of carbonyl (C=O) groups is 1. The largest absolute Gasteiger partial charge is 0.505 e. The van der Waals surface area contributed by atoms with E-state index in [9.17, 15) is 15.0 Å². The predicted octanol–water partition coefficient (Wildman–Crippen LogP) is 8.14. The summed E-state index contributed by atoms with van der Waals surface area (Å²) in [6, 6.07) is 5.95. The van der Waals surface area contributed by atoms with Crippen molar-refractivity contribution in [2.24, 2.45) is 47.3 Å².